The Hall–Kier alpha value is -2.13. The highest BCUT2D eigenvalue weighted by atomic mass is 35.5. The number of halogens is 1. The zero-order chi connectivity index (χ0) is 12.8. The van der Waals surface area contributed by atoms with Crippen LogP contribution in [0.25, 0.3) is 0 Å². The van der Waals surface area contributed by atoms with Gasteiger partial charge in [0, 0.05) is 6.54 Å². The Bertz CT molecular complexity index is 496. The number of para-hydroxylation sites is 1. The van der Waals surface area contributed by atoms with Crippen LogP contribution >= 0.6 is 11.6 Å². The number of nitrogens with zero attached hydrogens (tertiary/aromatic N) is 2. The number of nitriles is 1. The highest BCUT2D eigenvalue weighted by molar-refractivity contribution is 6.33. The van der Waals surface area contributed by atoms with Crippen LogP contribution in [0.3, 0.4) is 0 Å². The van der Waals surface area contributed by atoms with Crippen molar-refractivity contribution in [3.63, 3.8) is 0 Å². The number of rotatable bonds is 4. The highest BCUT2D eigenvalue weighted by Gasteiger charge is 2.22. The molecule has 1 aromatic carbocycles. The van der Waals surface area contributed by atoms with E-state index in [1.807, 2.05) is 6.07 Å². The minimum absolute atomic E-state index is 0.0945. The summed E-state index contributed by atoms with van der Waals surface area (Å²) in [6, 6.07) is 5.95. The van der Waals surface area contributed by atoms with E-state index >= 15 is 0 Å². The van der Waals surface area contributed by atoms with Gasteiger partial charge in [-0.1, -0.05) is 17.7 Å². The predicted molar refractivity (Wildman–Crippen MR) is 60.7 cm³/mol. The lowest BCUT2D eigenvalue weighted by Crippen LogP contribution is -2.25. The van der Waals surface area contributed by atoms with Crippen LogP contribution in [0.1, 0.15) is 16.8 Å². The minimum Gasteiger partial charge on any atom is -0.351 e. The average Bonchev–Trinajstić information content (AvgIpc) is 2.28. The first-order chi connectivity index (χ1) is 8.07. The summed E-state index contributed by atoms with van der Waals surface area (Å²) in [6.45, 7) is 0.138. The number of amides is 1. The fraction of sp³-hybridized carbons (Fsp3) is 0.200. The first-order valence-electron chi connectivity index (χ1n) is 4.66. The maximum absolute atomic E-state index is 11.6. The molecule has 0 radical (unpaired) electrons. The Balaban J connectivity index is 2.98. The van der Waals surface area contributed by atoms with Crippen molar-refractivity contribution in [1.82, 2.24) is 5.32 Å². The summed E-state index contributed by atoms with van der Waals surface area (Å²) in [4.78, 5) is 21.7. The second kappa shape index (κ2) is 5.82. The number of benzene rings is 1. The lowest BCUT2D eigenvalue weighted by atomic mass is 10.1. The third-order valence-corrected chi connectivity index (χ3v) is 2.24. The lowest BCUT2D eigenvalue weighted by molar-refractivity contribution is -0.385. The van der Waals surface area contributed by atoms with Gasteiger partial charge in [0.05, 0.1) is 17.4 Å². The molecule has 7 heteroatoms. The smallest absolute Gasteiger partial charge is 0.300 e. The van der Waals surface area contributed by atoms with Crippen LogP contribution in [0.5, 0.6) is 0 Å². The SMILES string of the molecule is N#CCCNC(=O)c1cccc(Cl)c1[N+](=O)[O-]. The van der Waals surface area contributed by atoms with Crippen LogP contribution in [0.2, 0.25) is 5.02 Å². The summed E-state index contributed by atoms with van der Waals surface area (Å²) >= 11 is 5.66. The lowest BCUT2D eigenvalue weighted by Gasteiger charge is -2.04. The van der Waals surface area contributed by atoms with E-state index in [0.29, 0.717) is 0 Å². The Morgan fingerprint density at radius 2 is 2.29 bits per heavy atom. The molecule has 88 valence electrons. The maximum atomic E-state index is 11.6. The van der Waals surface area contributed by atoms with Crippen LogP contribution in [0.15, 0.2) is 18.2 Å². The van der Waals surface area contributed by atoms with E-state index in [9.17, 15) is 14.9 Å². The molecule has 0 fully saturated rings. The van der Waals surface area contributed by atoms with Gasteiger partial charge in [-0.05, 0) is 12.1 Å². The van der Waals surface area contributed by atoms with Gasteiger partial charge in [0.1, 0.15) is 10.6 Å². The summed E-state index contributed by atoms with van der Waals surface area (Å²) in [5, 5.41) is 21.4. The fourth-order valence-electron chi connectivity index (χ4n) is 1.21. The number of nitro benzene ring substituents is 1. The van der Waals surface area contributed by atoms with E-state index in [2.05, 4.69) is 5.32 Å². The number of nitrogens with one attached hydrogen (secondary N) is 1. The summed E-state index contributed by atoms with van der Waals surface area (Å²) in [5.41, 5.74) is -0.538. The van der Waals surface area contributed by atoms with Gasteiger partial charge in [0.15, 0.2) is 0 Å². The van der Waals surface area contributed by atoms with Crippen molar-refractivity contribution in [3.8, 4) is 6.07 Å². The third kappa shape index (κ3) is 3.16. The second-order valence-corrected chi connectivity index (χ2v) is 3.46. The van der Waals surface area contributed by atoms with Crippen molar-refractivity contribution >= 4 is 23.2 Å². The zero-order valence-electron chi connectivity index (χ0n) is 8.64. The molecule has 0 saturated heterocycles. The van der Waals surface area contributed by atoms with E-state index in [0.717, 1.165) is 0 Å². The van der Waals surface area contributed by atoms with Crippen molar-refractivity contribution in [1.29, 1.82) is 5.26 Å². The highest BCUT2D eigenvalue weighted by Crippen LogP contribution is 2.27. The third-order valence-electron chi connectivity index (χ3n) is 1.94. The van der Waals surface area contributed by atoms with Crippen LogP contribution < -0.4 is 5.32 Å². The van der Waals surface area contributed by atoms with E-state index in [1.54, 1.807) is 0 Å². The van der Waals surface area contributed by atoms with Gasteiger partial charge in [-0.25, -0.2) is 0 Å². The molecule has 0 aliphatic rings. The van der Waals surface area contributed by atoms with Crippen molar-refractivity contribution in [2.24, 2.45) is 0 Å². The predicted octanol–water partition coefficient (Wildman–Crippen LogP) is 1.89. The van der Waals surface area contributed by atoms with Gasteiger partial charge in [-0.2, -0.15) is 5.26 Å². The Morgan fingerprint density at radius 3 is 2.88 bits per heavy atom. The summed E-state index contributed by atoms with van der Waals surface area (Å²) in [7, 11) is 0. The molecule has 0 aliphatic heterocycles. The number of nitro groups is 1. The molecule has 0 saturated carbocycles. The summed E-state index contributed by atoms with van der Waals surface area (Å²) in [6.07, 6.45) is 0.139. The Labute approximate surface area is 102 Å². The molecule has 0 unspecified atom stereocenters. The molecular formula is C10H8ClN3O3. The van der Waals surface area contributed by atoms with E-state index in [4.69, 9.17) is 16.9 Å². The molecule has 0 aromatic heterocycles. The quantitative estimate of drug-likeness (QED) is 0.503. The molecule has 1 aromatic rings. The fourth-order valence-corrected chi connectivity index (χ4v) is 1.45. The molecule has 1 rings (SSSR count). The average molecular weight is 254 g/mol. The molecule has 17 heavy (non-hydrogen) atoms. The number of hydrogen-bond donors (Lipinski definition) is 1. The van der Waals surface area contributed by atoms with E-state index < -0.39 is 16.5 Å². The van der Waals surface area contributed by atoms with Crippen molar-refractivity contribution in [3.05, 3.63) is 38.9 Å². The second-order valence-electron chi connectivity index (χ2n) is 3.06. The van der Waals surface area contributed by atoms with Crippen LogP contribution in [-0.2, 0) is 0 Å². The molecule has 0 spiro atoms. The van der Waals surface area contributed by atoms with Gasteiger partial charge < -0.3 is 5.32 Å². The number of hydrogen-bond acceptors (Lipinski definition) is 4. The van der Waals surface area contributed by atoms with Gasteiger partial charge in [0.25, 0.3) is 5.91 Å². The van der Waals surface area contributed by atoms with Crippen molar-refractivity contribution in [2.45, 2.75) is 6.42 Å². The minimum atomic E-state index is -0.707. The molecule has 1 amide bonds. The normalized spacial score (nSPS) is 9.41. The van der Waals surface area contributed by atoms with Crippen LogP contribution in [0, 0.1) is 21.4 Å². The van der Waals surface area contributed by atoms with Gasteiger partial charge in [-0.3, -0.25) is 14.9 Å². The van der Waals surface area contributed by atoms with Gasteiger partial charge in [-0.15, -0.1) is 0 Å². The van der Waals surface area contributed by atoms with Crippen molar-refractivity contribution in [2.75, 3.05) is 6.54 Å². The van der Waals surface area contributed by atoms with Gasteiger partial charge in [0.2, 0.25) is 0 Å². The molecule has 0 heterocycles. The Morgan fingerprint density at radius 1 is 1.59 bits per heavy atom. The molecule has 0 atom stereocenters. The molecule has 6 nitrogen and oxygen atoms in total. The Kier molecular flexibility index (Phi) is 4.43. The number of carbonyl (C=O) groups is 1. The molecule has 0 aliphatic carbocycles. The van der Waals surface area contributed by atoms with Crippen molar-refractivity contribution < 1.29 is 9.72 Å². The van der Waals surface area contributed by atoms with Crippen LogP contribution in [-0.4, -0.2) is 17.4 Å². The first kappa shape index (κ1) is 12.9. The molecular weight excluding hydrogens is 246 g/mol. The standard InChI is InChI=1S/C10H8ClN3O3/c11-8-4-1-3-7(9(8)14(16)17)10(15)13-6-2-5-12/h1,3-4H,2,6H2,(H,13,15). The summed E-state index contributed by atoms with van der Waals surface area (Å²) < 4.78 is 0. The van der Waals surface area contributed by atoms with Crippen LogP contribution in [0.4, 0.5) is 5.69 Å². The molecule has 1 N–H and O–H groups in total. The number of carbonyl (C=O) groups excluding carboxylic acids is 1. The van der Waals surface area contributed by atoms with E-state index in [1.165, 1.54) is 18.2 Å². The maximum Gasteiger partial charge on any atom is 0.300 e. The molecule has 0 bridgehead atoms. The van der Waals surface area contributed by atoms with Gasteiger partial charge >= 0.3 is 5.69 Å². The first-order valence-corrected chi connectivity index (χ1v) is 5.03. The van der Waals surface area contributed by atoms with E-state index in [-0.39, 0.29) is 23.6 Å². The zero-order valence-corrected chi connectivity index (χ0v) is 9.40. The largest absolute Gasteiger partial charge is 0.351 e. The monoisotopic (exact) mass is 253 g/mol. The topological polar surface area (TPSA) is 96.0 Å². The summed E-state index contributed by atoms with van der Waals surface area (Å²) in [5.74, 6) is -0.616.